The Labute approximate surface area is 280 Å². The van der Waals surface area contributed by atoms with Crippen LogP contribution in [-0.2, 0) is 20.0 Å². The first-order valence-corrected chi connectivity index (χ1v) is 19.4. The summed E-state index contributed by atoms with van der Waals surface area (Å²) in [5, 5.41) is 0.0462. The number of sulfonamides is 2. The van der Waals surface area contributed by atoms with Gasteiger partial charge in [0.2, 0.25) is 20.0 Å². The third kappa shape index (κ3) is 7.05. The molecular formula is C34H44N6O6S2. The van der Waals surface area contributed by atoms with Gasteiger partial charge in [-0.15, -0.1) is 0 Å². The molecule has 3 aromatic carbocycles. The van der Waals surface area contributed by atoms with Gasteiger partial charge in [0.1, 0.15) is 4.90 Å². The molecule has 2 heterocycles. The standard InChI is InChI=1S/C34H44N6O6S2/c1-5-39(6-2)20-12-18-35-47(43,44)28-17-11-16-26-29(28)33(42)24-22-27-30(32(41)23-14-9-10-15-25(23)37-27)34(31(24)38-26)48(45,46)36-19-13-21-40(7-3)8-4/h9-11,14-17,22,35-36H,5-8,12-13,18-21H2,1-4H3,(H,37,41)(H,38,42). The lowest BCUT2D eigenvalue weighted by Crippen LogP contribution is -2.31. The molecule has 12 nitrogen and oxygen atoms in total. The molecule has 0 atom stereocenters. The molecule has 4 N–H and O–H groups in total. The summed E-state index contributed by atoms with van der Waals surface area (Å²) in [7, 11) is -8.47. The van der Waals surface area contributed by atoms with Crippen LogP contribution in [0.25, 0.3) is 43.6 Å². The molecule has 0 unspecified atom stereocenters. The molecule has 0 bridgehead atoms. The molecule has 0 spiro atoms. The monoisotopic (exact) mass is 696 g/mol. The molecule has 0 saturated carbocycles. The van der Waals surface area contributed by atoms with Gasteiger partial charge in [-0.2, -0.15) is 0 Å². The molecule has 0 amide bonds. The number of aromatic amines is 2. The van der Waals surface area contributed by atoms with Crippen molar-refractivity contribution in [2.24, 2.45) is 0 Å². The van der Waals surface area contributed by atoms with Crippen molar-refractivity contribution in [1.29, 1.82) is 0 Å². The Morgan fingerprint density at radius 1 is 0.625 bits per heavy atom. The largest absolute Gasteiger partial charge is 0.354 e. The van der Waals surface area contributed by atoms with Crippen molar-refractivity contribution >= 4 is 63.7 Å². The van der Waals surface area contributed by atoms with Crippen LogP contribution in [0.2, 0.25) is 0 Å². The molecule has 0 saturated heterocycles. The number of benzene rings is 3. The van der Waals surface area contributed by atoms with E-state index in [1.165, 1.54) is 24.3 Å². The van der Waals surface area contributed by atoms with Crippen molar-refractivity contribution in [1.82, 2.24) is 29.2 Å². The summed E-state index contributed by atoms with van der Waals surface area (Å²) in [6.45, 7) is 13.2. The van der Waals surface area contributed by atoms with Gasteiger partial charge in [0, 0.05) is 29.4 Å². The van der Waals surface area contributed by atoms with Gasteiger partial charge in [-0.25, -0.2) is 26.3 Å². The van der Waals surface area contributed by atoms with Gasteiger partial charge in [-0.05, 0) is 82.4 Å². The highest BCUT2D eigenvalue weighted by Crippen LogP contribution is 2.31. The van der Waals surface area contributed by atoms with Crippen LogP contribution in [0.15, 0.2) is 67.9 Å². The lowest BCUT2D eigenvalue weighted by molar-refractivity contribution is 0.300. The summed E-state index contributed by atoms with van der Waals surface area (Å²) in [6, 6.07) is 12.6. The number of pyridine rings is 2. The number of rotatable bonds is 16. The first kappa shape index (κ1) is 35.6. The van der Waals surface area contributed by atoms with E-state index in [1.807, 2.05) is 27.7 Å². The lowest BCUT2D eigenvalue weighted by atomic mass is 10.0. The third-order valence-corrected chi connectivity index (χ3v) is 12.0. The van der Waals surface area contributed by atoms with Gasteiger partial charge in [0.25, 0.3) is 0 Å². The van der Waals surface area contributed by atoms with Crippen molar-refractivity contribution in [2.75, 3.05) is 52.4 Å². The maximum absolute atomic E-state index is 14.3. The third-order valence-electron chi connectivity index (χ3n) is 8.94. The Hall–Kier alpha value is -3.66. The normalized spacial score (nSPS) is 12.8. The van der Waals surface area contributed by atoms with E-state index in [0.717, 1.165) is 32.7 Å². The first-order valence-electron chi connectivity index (χ1n) is 16.5. The van der Waals surface area contributed by atoms with Crippen molar-refractivity contribution in [3.05, 3.63) is 69.0 Å². The van der Waals surface area contributed by atoms with Gasteiger partial charge in [0.05, 0.1) is 32.2 Å². The predicted molar refractivity (Wildman–Crippen MR) is 193 cm³/mol. The number of hydrogen-bond donors (Lipinski definition) is 4. The van der Waals surface area contributed by atoms with E-state index in [-0.39, 0.29) is 55.6 Å². The molecule has 258 valence electrons. The molecule has 0 aliphatic heterocycles. The Morgan fingerprint density at radius 3 is 1.81 bits per heavy atom. The summed E-state index contributed by atoms with van der Waals surface area (Å²) in [4.78, 5) is 38.2. The zero-order chi connectivity index (χ0) is 34.6. The van der Waals surface area contributed by atoms with Crippen molar-refractivity contribution in [3.63, 3.8) is 0 Å². The molecule has 0 radical (unpaired) electrons. The number of fused-ring (bicyclic) bond motifs is 4. The van der Waals surface area contributed by atoms with Crippen LogP contribution < -0.4 is 20.3 Å². The number of para-hydroxylation sites is 1. The number of nitrogens with zero attached hydrogens (tertiary/aromatic N) is 2. The van der Waals surface area contributed by atoms with Crippen LogP contribution in [0.4, 0.5) is 0 Å². The predicted octanol–water partition coefficient (Wildman–Crippen LogP) is 3.70. The summed E-state index contributed by atoms with van der Waals surface area (Å²) in [5.41, 5.74) is -0.492. The molecule has 48 heavy (non-hydrogen) atoms. The zero-order valence-electron chi connectivity index (χ0n) is 27.9. The minimum atomic E-state index is -4.36. The SMILES string of the molecule is CCN(CC)CCCNS(=O)(=O)c1c2[nH]c3cccc(S(=O)(=O)NCCCN(CC)CC)c3c(=O)c2cc2[nH]c3ccccc3c(=O)c12. The highest BCUT2D eigenvalue weighted by molar-refractivity contribution is 7.90. The van der Waals surface area contributed by atoms with Crippen molar-refractivity contribution in [3.8, 4) is 0 Å². The molecule has 0 aliphatic rings. The first-order chi connectivity index (χ1) is 23.0. The molecule has 5 rings (SSSR count). The minimum Gasteiger partial charge on any atom is -0.354 e. The quantitative estimate of drug-likeness (QED) is 0.0897. The Morgan fingerprint density at radius 2 is 1.19 bits per heavy atom. The van der Waals surface area contributed by atoms with Gasteiger partial charge in [-0.1, -0.05) is 45.9 Å². The fourth-order valence-corrected chi connectivity index (χ4v) is 8.99. The highest BCUT2D eigenvalue weighted by Gasteiger charge is 2.28. The topological polar surface area (TPSA) is 165 Å². The van der Waals surface area contributed by atoms with E-state index in [9.17, 15) is 26.4 Å². The molecule has 0 aliphatic carbocycles. The van der Waals surface area contributed by atoms with Crippen LogP contribution in [-0.4, -0.2) is 89.0 Å². The van der Waals surface area contributed by atoms with Gasteiger partial charge < -0.3 is 19.8 Å². The number of H-pyrrole nitrogens is 2. The minimum absolute atomic E-state index is 0.0615. The molecule has 0 fully saturated rings. The van der Waals surface area contributed by atoms with Crippen LogP contribution in [0.5, 0.6) is 0 Å². The van der Waals surface area contributed by atoms with Crippen molar-refractivity contribution in [2.45, 2.75) is 50.3 Å². The molecule has 5 aromatic rings. The van der Waals surface area contributed by atoms with Gasteiger partial charge in [-0.3, -0.25) is 9.59 Å². The van der Waals surface area contributed by atoms with Crippen molar-refractivity contribution < 1.29 is 16.8 Å². The molecule has 14 heteroatoms. The fourth-order valence-electron chi connectivity index (χ4n) is 6.23. The number of aromatic nitrogens is 2. The van der Waals surface area contributed by atoms with Crippen LogP contribution in [0, 0.1) is 0 Å². The van der Waals surface area contributed by atoms with E-state index in [1.54, 1.807) is 24.3 Å². The second-order valence-electron chi connectivity index (χ2n) is 11.7. The molecular weight excluding hydrogens is 653 g/mol. The summed E-state index contributed by atoms with van der Waals surface area (Å²) >= 11 is 0. The van der Waals surface area contributed by atoms with E-state index < -0.39 is 30.9 Å². The second kappa shape index (κ2) is 14.8. The van der Waals surface area contributed by atoms with Gasteiger partial charge >= 0.3 is 0 Å². The second-order valence-corrected chi connectivity index (χ2v) is 15.2. The van der Waals surface area contributed by atoms with Crippen LogP contribution in [0.1, 0.15) is 40.5 Å². The smallest absolute Gasteiger partial charge is 0.243 e. The maximum atomic E-state index is 14.3. The van der Waals surface area contributed by atoms with Crippen LogP contribution >= 0.6 is 0 Å². The summed E-state index contributed by atoms with van der Waals surface area (Å²) in [6.07, 6.45) is 1.12. The summed E-state index contributed by atoms with van der Waals surface area (Å²) in [5.74, 6) is 0. The Kier molecular flexibility index (Phi) is 11.0. The number of hydrogen-bond acceptors (Lipinski definition) is 8. The molecule has 2 aromatic heterocycles. The van der Waals surface area contributed by atoms with E-state index in [2.05, 4.69) is 29.2 Å². The summed E-state index contributed by atoms with van der Waals surface area (Å²) < 4.78 is 60.6. The van der Waals surface area contributed by atoms with E-state index >= 15 is 0 Å². The fraction of sp³-hybridized carbons (Fsp3) is 0.412. The number of nitrogens with one attached hydrogen (secondary N) is 4. The Balaban J connectivity index is 1.69. The Bertz CT molecular complexity index is 2290. The lowest BCUT2D eigenvalue weighted by Gasteiger charge is -2.18. The maximum Gasteiger partial charge on any atom is 0.243 e. The average molecular weight is 697 g/mol. The van der Waals surface area contributed by atoms with E-state index in [0.29, 0.717) is 30.3 Å². The van der Waals surface area contributed by atoms with E-state index in [4.69, 9.17) is 0 Å². The van der Waals surface area contributed by atoms with Gasteiger partial charge in [0.15, 0.2) is 10.9 Å². The zero-order valence-corrected chi connectivity index (χ0v) is 29.5. The average Bonchev–Trinajstić information content (AvgIpc) is 3.07. The highest BCUT2D eigenvalue weighted by atomic mass is 32.2. The van der Waals surface area contributed by atoms with Crippen LogP contribution in [0.3, 0.4) is 0 Å².